The maximum Gasteiger partial charge on any atom is 0.387 e. The molecule has 1 aliphatic carbocycles. The molecule has 1 saturated carbocycles. The van der Waals surface area contributed by atoms with Gasteiger partial charge in [-0.1, -0.05) is 6.07 Å². The van der Waals surface area contributed by atoms with Gasteiger partial charge in [-0.3, -0.25) is 0 Å². The monoisotopic (exact) mass is 301 g/mol. The van der Waals surface area contributed by atoms with E-state index in [1.807, 2.05) is 6.07 Å². The molecule has 0 heterocycles. The Morgan fingerprint density at radius 3 is 2.71 bits per heavy atom. The molecule has 1 N–H and O–H groups in total. The van der Waals surface area contributed by atoms with Crippen molar-refractivity contribution < 1.29 is 23.0 Å². The van der Waals surface area contributed by atoms with Crippen molar-refractivity contribution >= 4 is 0 Å². The first-order valence-electron chi connectivity index (χ1n) is 7.02. The van der Waals surface area contributed by atoms with Gasteiger partial charge in [0.15, 0.2) is 11.5 Å². The van der Waals surface area contributed by atoms with E-state index < -0.39 is 6.61 Å². The van der Waals surface area contributed by atoms with Crippen LogP contribution >= 0.6 is 0 Å². The van der Waals surface area contributed by atoms with Crippen molar-refractivity contribution in [2.24, 2.45) is 0 Å². The van der Waals surface area contributed by atoms with Gasteiger partial charge >= 0.3 is 6.61 Å². The lowest BCUT2D eigenvalue weighted by molar-refractivity contribution is -0.0512. The Morgan fingerprint density at radius 2 is 2.05 bits per heavy atom. The standard InChI is InChI=1S/C15H21F2NO3/c1-19-12-5-3-4-11(12)18-9-10-6-7-13(20-2)14(8-10)21-15(16)17/h6-8,11-12,15,18H,3-5,9H2,1-2H3. The highest BCUT2D eigenvalue weighted by molar-refractivity contribution is 5.43. The lowest BCUT2D eigenvalue weighted by atomic mass is 10.1. The zero-order chi connectivity index (χ0) is 15.2. The number of alkyl halides is 2. The summed E-state index contributed by atoms with van der Waals surface area (Å²) in [7, 11) is 3.14. The summed E-state index contributed by atoms with van der Waals surface area (Å²) < 4.78 is 39.7. The minimum atomic E-state index is -2.87. The fourth-order valence-electron chi connectivity index (χ4n) is 2.71. The zero-order valence-electron chi connectivity index (χ0n) is 12.3. The highest BCUT2D eigenvalue weighted by atomic mass is 19.3. The second-order valence-electron chi connectivity index (χ2n) is 5.06. The molecule has 4 nitrogen and oxygen atoms in total. The minimum Gasteiger partial charge on any atom is -0.493 e. The Balaban J connectivity index is 1.99. The van der Waals surface area contributed by atoms with Gasteiger partial charge in [-0.05, 0) is 37.0 Å². The molecule has 1 fully saturated rings. The third kappa shape index (κ3) is 4.28. The van der Waals surface area contributed by atoms with Gasteiger partial charge in [0.05, 0.1) is 13.2 Å². The van der Waals surface area contributed by atoms with E-state index in [1.165, 1.54) is 7.11 Å². The molecule has 6 heteroatoms. The summed E-state index contributed by atoms with van der Waals surface area (Å²) in [6.45, 7) is -2.29. The number of rotatable bonds is 7. The molecule has 118 valence electrons. The Morgan fingerprint density at radius 1 is 1.24 bits per heavy atom. The quantitative estimate of drug-likeness (QED) is 0.840. The van der Waals surface area contributed by atoms with Gasteiger partial charge in [-0.2, -0.15) is 8.78 Å². The van der Waals surface area contributed by atoms with Crippen LogP contribution in [0.3, 0.4) is 0 Å². The third-order valence-corrected chi connectivity index (χ3v) is 3.77. The zero-order valence-corrected chi connectivity index (χ0v) is 12.3. The van der Waals surface area contributed by atoms with Crippen LogP contribution in [0, 0.1) is 0 Å². The fourth-order valence-corrected chi connectivity index (χ4v) is 2.71. The van der Waals surface area contributed by atoms with E-state index in [4.69, 9.17) is 9.47 Å². The van der Waals surface area contributed by atoms with Crippen LogP contribution < -0.4 is 14.8 Å². The predicted molar refractivity (Wildman–Crippen MR) is 74.9 cm³/mol. The Bertz CT molecular complexity index is 457. The lowest BCUT2D eigenvalue weighted by Gasteiger charge is -2.20. The second-order valence-corrected chi connectivity index (χ2v) is 5.06. The van der Waals surface area contributed by atoms with Crippen LogP contribution in [0.25, 0.3) is 0 Å². The average Bonchev–Trinajstić information content (AvgIpc) is 2.92. The molecule has 0 spiro atoms. The van der Waals surface area contributed by atoms with Crippen LogP contribution in [0.15, 0.2) is 18.2 Å². The number of methoxy groups -OCH3 is 2. The highest BCUT2D eigenvalue weighted by Gasteiger charge is 2.26. The topological polar surface area (TPSA) is 39.7 Å². The number of nitrogens with one attached hydrogen (secondary N) is 1. The Kier molecular flexibility index (Phi) is 5.76. The Labute approximate surface area is 123 Å². The van der Waals surface area contributed by atoms with Crippen LogP contribution in [0.2, 0.25) is 0 Å². The van der Waals surface area contributed by atoms with E-state index >= 15 is 0 Å². The average molecular weight is 301 g/mol. The first-order valence-corrected chi connectivity index (χ1v) is 7.02. The molecule has 0 aliphatic heterocycles. The number of hydrogen-bond donors (Lipinski definition) is 1. The first kappa shape index (κ1) is 16.0. The number of benzene rings is 1. The van der Waals surface area contributed by atoms with Gasteiger partial charge in [0, 0.05) is 19.7 Å². The van der Waals surface area contributed by atoms with Gasteiger partial charge in [0.2, 0.25) is 0 Å². The van der Waals surface area contributed by atoms with Crippen LogP contribution in [0.4, 0.5) is 8.78 Å². The van der Waals surface area contributed by atoms with Crippen molar-refractivity contribution in [3.05, 3.63) is 23.8 Å². The van der Waals surface area contributed by atoms with Crippen molar-refractivity contribution in [1.82, 2.24) is 5.32 Å². The van der Waals surface area contributed by atoms with Gasteiger partial charge in [0.25, 0.3) is 0 Å². The molecular formula is C15H21F2NO3. The van der Waals surface area contributed by atoms with Crippen molar-refractivity contribution in [2.75, 3.05) is 14.2 Å². The van der Waals surface area contributed by atoms with E-state index in [1.54, 1.807) is 19.2 Å². The molecular weight excluding hydrogens is 280 g/mol. The molecule has 21 heavy (non-hydrogen) atoms. The van der Waals surface area contributed by atoms with Crippen LogP contribution in [-0.4, -0.2) is 33.0 Å². The van der Waals surface area contributed by atoms with Gasteiger partial charge in [-0.25, -0.2) is 0 Å². The lowest BCUT2D eigenvalue weighted by Crippen LogP contribution is -2.36. The van der Waals surface area contributed by atoms with Crippen LogP contribution in [0.5, 0.6) is 11.5 Å². The molecule has 0 radical (unpaired) electrons. The van der Waals surface area contributed by atoms with Crippen LogP contribution in [-0.2, 0) is 11.3 Å². The molecule has 2 atom stereocenters. The molecule has 1 aromatic carbocycles. The van der Waals surface area contributed by atoms with Gasteiger partial charge in [-0.15, -0.1) is 0 Å². The Hall–Kier alpha value is -1.40. The summed E-state index contributed by atoms with van der Waals surface area (Å²) in [6.07, 6.45) is 3.48. The summed E-state index contributed by atoms with van der Waals surface area (Å²) >= 11 is 0. The van der Waals surface area contributed by atoms with Crippen molar-refractivity contribution in [2.45, 2.75) is 44.6 Å². The van der Waals surface area contributed by atoms with Crippen molar-refractivity contribution in [1.29, 1.82) is 0 Å². The van der Waals surface area contributed by atoms with E-state index in [2.05, 4.69) is 10.1 Å². The number of ether oxygens (including phenoxy) is 3. The predicted octanol–water partition coefficient (Wildman–Crippen LogP) is 2.95. The fraction of sp³-hybridized carbons (Fsp3) is 0.600. The molecule has 0 aromatic heterocycles. The summed E-state index contributed by atoms with van der Waals surface area (Å²) in [5, 5.41) is 3.41. The molecule has 0 amide bonds. The van der Waals surface area contributed by atoms with Gasteiger partial charge in [0.1, 0.15) is 0 Å². The SMILES string of the molecule is COc1ccc(CNC2CCCC2OC)cc1OC(F)F. The summed E-state index contributed by atoms with van der Waals surface area (Å²) in [5.41, 5.74) is 0.869. The number of halogens is 2. The van der Waals surface area contributed by atoms with Crippen LogP contribution in [0.1, 0.15) is 24.8 Å². The third-order valence-electron chi connectivity index (χ3n) is 3.77. The van der Waals surface area contributed by atoms with E-state index in [0.717, 1.165) is 24.8 Å². The van der Waals surface area contributed by atoms with E-state index in [9.17, 15) is 8.78 Å². The van der Waals surface area contributed by atoms with Crippen molar-refractivity contribution in [3.8, 4) is 11.5 Å². The largest absolute Gasteiger partial charge is 0.493 e. The molecule has 0 bridgehead atoms. The minimum absolute atomic E-state index is 0.0570. The normalized spacial score (nSPS) is 21.8. The van der Waals surface area contributed by atoms with E-state index in [-0.39, 0.29) is 11.9 Å². The maximum absolute atomic E-state index is 12.4. The molecule has 2 unspecified atom stereocenters. The maximum atomic E-state index is 12.4. The summed E-state index contributed by atoms with van der Waals surface area (Å²) in [6, 6.07) is 5.35. The summed E-state index contributed by atoms with van der Waals surface area (Å²) in [4.78, 5) is 0. The number of hydrogen-bond acceptors (Lipinski definition) is 4. The van der Waals surface area contributed by atoms with E-state index in [0.29, 0.717) is 18.3 Å². The molecule has 2 rings (SSSR count). The first-order chi connectivity index (χ1) is 10.1. The highest BCUT2D eigenvalue weighted by Crippen LogP contribution is 2.30. The molecule has 0 saturated heterocycles. The summed E-state index contributed by atoms with van der Waals surface area (Å²) in [5.74, 6) is 0.358. The van der Waals surface area contributed by atoms with Crippen molar-refractivity contribution in [3.63, 3.8) is 0 Å². The molecule has 1 aliphatic rings. The second kappa shape index (κ2) is 7.56. The smallest absolute Gasteiger partial charge is 0.387 e. The molecule has 1 aromatic rings. The van der Waals surface area contributed by atoms with Gasteiger partial charge < -0.3 is 19.5 Å².